The minimum absolute atomic E-state index is 0.308. The van der Waals surface area contributed by atoms with Crippen molar-refractivity contribution in [3.05, 3.63) is 23.7 Å². The molecule has 19 heavy (non-hydrogen) atoms. The summed E-state index contributed by atoms with van der Waals surface area (Å²) in [7, 11) is 0. The SMILES string of the molecule is CCC1CCCN(Cc2cc(C(=O)NN)co2)CC1. The fourth-order valence-corrected chi connectivity index (χ4v) is 2.68. The predicted octanol–water partition coefficient (Wildman–Crippen LogP) is 1.90. The molecule has 1 atom stereocenters. The van der Waals surface area contributed by atoms with Crippen LogP contribution in [0.25, 0.3) is 0 Å². The lowest BCUT2D eigenvalue weighted by Crippen LogP contribution is -2.29. The van der Waals surface area contributed by atoms with Gasteiger partial charge in [-0.05, 0) is 44.3 Å². The van der Waals surface area contributed by atoms with E-state index in [2.05, 4.69) is 17.2 Å². The van der Waals surface area contributed by atoms with Crippen LogP contribution in [0.1, 0.15) is 48.7 Å². The van der Waals surface area contributed by atoms with Gasteiger partial charge in [0.1, 0.15) is 12.0 Å². The van der Waals surface area contributed by atoms with Crippen LogP contribution in [-0.4, -0.2) is 23.9 Å². The van der Waals surface area contributed by atoms with Gasteiger partial charge in [-0.3, -0.25) is 15.1 Å². The Morgan fingerprint density at radius 1 is 1.53 bits per heavy atom. The molecule has 1 aliphatic heterocycles. The number of nitrogens with two attached hydrogens (primary N) is 1. The normalized spacial score (nSPS) is 21.1. The standard InChI is InChI=1S/C14H23N3O2/c1-2-11-4-3-6-17(7-5-11)9-13-8-12(10-19-13)14(18)16-15/h8,10-11H,2-7,9,15H2,1H3,(H,16,18). The molecule has 0 bridgehead atoms. The Kier molecular flexibility index (Phi) is 4.99. The Morgan fingerprint density at radius 2 is 2.37 bits per heavy atom. The molecule has 0 aromatic carbocycles. The predicted molar refractivity (Wildman–Crippen MR) is 73.3 cm³/mol. The highest BCUT2D eigenvalue weighted by Crippen LogP contribution is 2.21. The molecule has 3 N–H and O–H groups in total. The van der Waals surface area contributed by atoms with E-state index in [1.165, 1.54) is 31.9 Å². The highest BCUT2D eigenvalue weighted by atomic mass is 16.3. The van der Waals surface area contributed by atoms with Gasteiger partial charge in [0.15, 0.2) is 0 Å². The van der Waals surface area contributed by atoms with Crippen LogP contribution >= 0.6 is 0 Å². The Hall–Kier alpha value is -1.33. The average Bonchev–Trinajstić information content (AvgIpc) is 2.77. The highest BCUT2D eigenvalue weighted by Gasteiger charge is 2.17. The zero-order chi connectivity index (χ0) is 13.7. The first-order chi connectivity index (χ1) is 9.22. The van der Waals surface area contributed by atoms with Gasteiger partial charge in [-0.25, -0.2) is 5.84 Å². The van der Waals surface area contributed by atoms with Crippen LogP contribution in [0.4, 0.5) is 0 Å². The smallest absolute Gasteiger partial charge is 0.268 e. The Labute approximate surface area is 114 Å². The third kappa shape index (κ3) is 3.81. The van der Waals surface area contributed by atoms with E-state index in [0.29, 0.717) is 5.56 Å². The first-order valence-corrected chi connectivity index (χ1v) is 7.03. The van der Waals surface area contributed by atoms with Crippen molar-refractivity contribution in [1.29, 1.82) is 0 Å². The van der Waals surface area contributed by atoms with E-state index in [4.69, 9.17) is 10.3 Å². The highest BCUT2D eigenvalue weighted by molar-refractivity contribution is 5.93. The number of hydrogen-bond donors (Lipinski definition) is 2. The second-order valence-corrected chi connectivity index (χ2v) is 5.26. The monoisotopic (exact) mass is 265 g/mol. The molecule has 2 rings (SSSR count). The third-order valence-corrected chi connectivity index (χ3v) is 3.94. The van der Waals surface area contributed by atoms with Gasteiger partial charge in [-0.2, -0.15) is 0 Å². The van der Waals surface area contributed by atoms with E-state index < -0.39 is 0 Å². The van der Waals surface area contributed by atoms with E-state index in [-0.39, 0.29) is 5.91 Å². The minimum atomic E-state index is -0.308. The summed E-state index contributed by atoms with van der Waals surface area (Å²) in [5, 5.41) is 0. The summed E-state index contributed by atoms with van der Waals surface area (Å²) in [6.45, 7) is 5.26. The largest absolute Gasteiger partial charge is 0.467 e. The van der Waals surface area contributed by atoms with Gasteiger partial charge < -0.3 is 4.42 Å². The quantitative estimate of drug-likeness (QED) is 0.495. The molecule has 1 unspecified atom stereocenters. The van der Waals surface area contributed by atoms with Gasteiger partial charge in [0.2, 0.25) is 0 Å². The van der Waals surface area contributed by atoms with Crippen LogP contribution in [-0.2, 0) is 6.54 Å². The molecule has 1 aliphatic rings. The summed E-state index contributed by atoms with van der Waals surface area (Å²) < 4.78 is 5.43. The van der Waals surface area contributed by atoms with Gasteiger partial charge in [0, 0.05) is 0 Å². The summed E-state index contributed by atoms with van der Waals surface area (Å²) in [5.74, 6) is 6.48. The number of furan rings is 1. The zero-order valence-electron chi connectivity index (χ0n) is 11.5. The number of nitrogen functional groups attached to an aromatic ring is 1. The van der Waals surface area contributed by atoms with E-state index in [9.17, 15) is 4.79 Å². The first-order valence-electron chi connectivity index (χ1n) is 7.03. The molecule has 1 amide bonds. The number of rotatable bonds is 4. The molecule has 1 fully saturated rings. The van der Waals surface area contributed by atoms with E-state index in [0.717, 1.165) is 31.3 Å². The van der Waals surface area contributed by atoms with Crippen molar-refractivity contribution in [2.75, 3.05) is 13.1 Å². The number of likely N-dealkylation sites (tertiary alicyclic amines) is 1. The van der Waals surface area contributed by atoms with Crippen LogP contribution in [0.5, 0.6) is 0 Å². The molecule has 0 radical (unpaired) electrons. The van der Waals surface area contributed by atoms with Crippen LogP contribution < -0.4 is 11.3 Å². The molecule has 1 aromatic heterocycles. The number of amides is 1. The summed E-state index contributed by atoms with van der Waals surface area (Å²) in [5.41, 5.74) is 2.59. The number of hydrazine groups is 1. The maximum absolute atomic E-state index is 11.3. The first kappa shape index (κ1) is 14.1. The van der Waals surface area contributed by atoms with Crippen LogP contribution in [0, 0.1) is 5.92 Å². The van der Waals surface area contributed by atoms with Crippen molar-refractivity contribution in [1.82, 2.24) is 10.3 Å². The van der Waals surface area contributed by atoms with Gasteiger partial charge in [-0.1, -0.05) is 13.3 Å². The summed E-state index contributed by atoms with van der Waals surface area (Å²) >= 11 is 0. The number of carbonyl (C=O) groups is 1. The molecular formula is C14H23N3O2. The average molecular weight is 265 g/mol. The van der Waals surface area contributed by atoms with E-state index in [1.807, 2.05) is 0 Å². The lowest BCUT2D eigenvalue weighted by molar-refractivity contribution is 0.0953. The summed E-state index contributed by atoms with van der Waals surface area (Å²) in [4.78, 5) is 13.7. The molecule has 1 saturated heterocycles. The molecule has 0 spiro atoms. The van der Waals surface area contributed by atoms with Crippen molar-refractivity contribution in [3.8, 4) is 0 Å². The maximum Gasteiger partial charge on any atom is 0.268 e. The van der Waals surface area contributed by atoms with Crippen LogP contribution in [0.15, 0.2) is 16.7 Å². The minimum Gasteiger partial charge on any atom is -0.467 e. The lowest BCUT2D eigenvalue weighted by atomic mass is 9.98. The van der Waals surface area contributed by atoms with Gasteiger partial charge in [-0.15, -0.1) is 0 Å². The third-order valence-electron chi connectivity index (χ3n) is 3.94. The van der Waals surface area contributed by atoms with E-state index >= 15 is 0 Å². The second kappa shape index (κ2) is 6.73. The summed E-state index contributed by atoms with van der Waals surface area (Å²) in [6.07, 6.45) is 6.56. The van der Waals surface area contributed by atoms with Crippen molar-refractivity contribution < 1.29 is 9.21 Å². The molecule has 0 saturated carbocycles. The fraction of sp³-hybridized carbons (Fsp3) is 0.643. The molecule has 5 nitrogen and oxygen atoms in total. The van der Waals surface area contributed by atoms with E-state index in [1.54, 1.807) is 6.07 Å². The zero-order valence-corrected chi connectivity index (χ0v) is 11.5. The molecular weight excluding hydrogens is 242 g/mol. The molecule has 0 aliphatic carbocycles. The van der Waals surface area contributed by atoms with Crippen molar-refractivity contribution in [2.45, 2.75) is 39.2 Å². The van der Waals surface area contributed by atoms with Crippen molar-refractivity contribution in [2.24, 2.45) is 11.8 Å². The number of nitrogens with one attached hydrogen (secondary N) is 1. The van der Waals surface area contributed by atoms with Crippen LogP contribution in [0.3, 0.4) is 0 Å². The maximum atomic E-state index is 11.3. The van der Waals surface area contributed by atoms with Gasteiger partial charge in [0.25, 0.3) is 5.91 Å². The Morgan fingerprint density at radius 3 is 3.11 bits per heavy atom. The van der Waals surface area contributed by atoms with Crippen molar-refractivity contribution >= 4 is 5.91 Å². The number of hydrogen-bond acceptors (Lipinski definition) is 4. The lowest BCUT2D eigenvalue weighted by Gasteiger charge is -2.18. The number of nitrogens with zero attached hydrogens (tertiary/aromatic N) is 1. The molecule has 5 heteroatoms. The van der Waals surface area contributed by atoms with Gasteiger partial charge >= 0.3 is 0 Å². The molecule has 2 heterocycles. The second-order valence-electron chi connectivity index (χ2n) is 5.26. The number of carbonyl (C=O) groups excluding carboxylic acids is 1. The molecule has 106 valence electrons. The van der Waals surface area contributed by atoms with Crippen molar-refractivity contribution in [3.63, 3.8) is 0 Å². The van der Waals surface area contributed by atoms with Gasteiger partial charge in [0.05, 0.1) is 12.1 Å². The topological polar surface area (TPSA) is 71.5 Å². The fourth-order valence-electron chi connectivity index (χ4n) is 2.68. The van der Waals surface area contributed by atoms with Crippen LogP contribution in [0.2, 0.25) is 0 Å². The summed E-state index contributed by atoms with van der Waals surface area (Å²) in [6, 6.07) is 1.77. The molecule has 1 aromatic rings. The Balaban J connectivity index is 1.90. The Bertz CT molecular complexity index is 417.